The summed E-state index contributed by atoms with van der Waals surface area (Å²) in [7, 11) is 0. The van der Waals surface area contributed by atoms with Crippen LogP contribution in [0.3, 0.4) is 0 Å². The fraction of sp³-hybridized carbons (Fsp3) is 0. The summed E-state index contributed by atoms with van der Waals surface area (Å²) < 4.78 is 3.48. The van der Waals surface area contributed by atoms with E-state index in [1.807, 2.05) is 6.20 Å². The van der Waals surface area contributed by atoms with Crippen LogP contribution in [0.1, 0.15) is 0 Å². The Hall–Kier alpha value is -1.65. The molecular formula is C5H5N5. The number of nitrogens with zero attached hydrogens (tertiary/aromatic N) is 5. The summed E-state index contributed by atoms with van der Waals surface area (Å²) in [5.41, 5.74) is 0. The third-order valence-corrected chi connectivity index (χ3v) is 1.16. The SMILES string of the molecule is c1cn(-n2cnnc2)cn1. The summed E-state index contributed by atoms with van der Waals surface area (Å²) in [6, 6.07) is 0. The molecular weight excluding hydrogens is 130 g/mol. The van der Waals surface area contributed by atoms with E-state index in [9.17, 15) is 0 Å². The molecule has 0 aromatic carbocycles. The van der Waals surface area contributed by atoms with Crippen molar-refractivity contribution in [2.75, 3.05) is 0 Å². The lowest BCUT2D eigenvalue weighted by Gasteiger charge is -1.96. The maximum Gasteiger partial charge on any atom is 0.139 e. The Bertz CT molecular complexity index is 249. The van der Waals surface area contributed by atoms with E-state index in [-0.39, 0.29) is 0 Å². The van der Waals surface area contributed by atoms with Gasteiger partial charge in [0.15, 0.2) is 0 Å². The lowest BCUT2D eigenvalue weighted by molar-refractivity contribution is 0.654. The molecule has 2 aromatic heterocycles. The van der Waals surface area contributed by atoms with Crippen LogP contribution in [0.5, 0.6) is 0 Å². The second kappa shape index (κ2) is 1.94. The lowest BCUT2D eigenvalue weighted by Crippen LogP contribution is -2.02. The first-order valence-corrected chi connectivity index (χ1v) is 2.80. The minimum absolute atomic E-state index is 1.60. The second-order valence-corrected chi connectivity index (χ2v) is 1.78. The van der Waals surface area contributed by atoms with Gasteiger partial charge in [-0.25, -0.2) is 14.3 Å². The number of hydrogen-bond acceptors (Lipinski definition) is 3. The highest BCUT2D eigenvalue weighted by molar-refractivity contribution is 4.76. The Kier molecular flexibility index (Phi) is 1.00. The Balaban J connectivity index is 2.48. The van der Waals surface area contributed by atoms with Gasteiger partial charge in [-0.1, -0.05) is 0 Å². The molecule has 0 N–H and O–H groups in total. The summed E-state index contributed by atoms with van der Waals surface area (Å²) >= 11 is 0. The molecule has 0 aliphatic carbocycles. The van der Waals surface area contributed by atoms with Gasteiger partial charge in [-0.05, 0) is 0 Å². The Morgan fingerprint density at radius 3 is 2.30 bits per heavy atom. The van der Waals surface area contributed by atoms with Gasteiger partial charge in [0, 0.05) is 12.4 Å². The van der Waals surface area contributed by atoms with Gasteiger partial charge in [0.05, 0.1) is 0 Å². The molecule has 5 heteroatoms. The average molecular weight is 135 g/mol. The molecule has 0 spiro atoms. The Morgan fingerprint density at radius 2 is 1.70 bits per heavy atom. The predicted octanol–water partition coefficient (Wildman–Crippen LogP) is -0.214. The standard InChI is InChI=1S/C5H5N5/c1-2-9(3-6-1)10-4-7-8-5-10/h1-5H. The van der Waals surface area contributed by atoms with Crippen LogP contribution < -0.4 is 0 Å². The van der Waals surface area contributed by atoms with Gasteiger partial charge < -0.3 is 0 Å². The van der Waals surface area contributed by atoms with Crippen molar-refractivity contribution in [1.29, 1.82) is 0 Å². The third-order valence-electron chi connectivity index (χ3n) is 1.16. The van der Waals surface area contributed by atoms with Gasteiger partial charge in [0.1, 0.15) is 19.0 Å². The molecule has 10 heavy (non-hydrogen) atoms. The number of imidazole rings is 1. The highest BCUT2D eigenvalue weighted by Gasteiger charge is 1.88. The summed E-state index contributed by atoms with van der Waals surface area (Å²) in [5, 5.41) is 7.28. The molecule has 50 valence electrons. The van der Waals surface area contributed by atoms with Crippen molar-refractivity contribution < 1.29 is 0 Å². The van der Waals surface area contributed by atoms with E-state index < -0.39 is 0 Å². The topological polar surface area (TPSA) is 48.5 Å². The molecule has 0 saturated carbocycles. The highest BCUT2D eigenvalue weighted by atomic mass is 15.5. The normalized spacial score (nSPS) is 10.0. The number of aromatic nitrogens is 5. The van der Waals surface area contributed by atoms with Crippen molar-refractivity contribution in [3.8, 4) is 0 Å². The zero-order valence-electron chi connectivity index (χ0n) is 5.12. The zero-order chi connectivity index (χ0) is 6.81. The Labute approximate surface area is 56.9 Å². The van der Waals surface area contributed by atoms with E-state index in [1.54, 1.807) is 34.5 Å². The minimum Gasteiger partial charge on any atom is -0.243 e. The summed E-state index contributed by atoms with van der Waals surface area (Å²) in [4.78, 5) is 3.86. The van der Waals surface area contributed by atoms with Gasteiger partial charge in [-0.3, -0.25) is 0 Å². The number of hydrogen-bond donors (Lipinski definition) is 0. The van der Waals surface area contributed by atoms with E-state index in [0.29, 0.717) is 0 Å². The first kappa shape index (κ1) is 5.16. The first-order chi connectivity index (χ1) is 4.97. The predicted molar refractivity (Wildman–Crippen MR) is 33.0 cm³/mol. The van der Waals surface area contributed by atoms with Crippen LogP contribution in [0, 0.1) is 0 Å². The molecule has 0 atom stereocenters. The largest absolute Gasteiger partial charge is 0.243 e. The molecule has 5 nitrogen and oxygen atoms in total. The molecule has 0 aliphatic heterocycles. The number of rotatable bonds is 1. The monoisotopic (exact) mass is 135 g/mol. The van der Waals surface area contributed by atoms with Crippen molar-refractivity contribution in [2.24, 2.45) is 0 Å². The van der Waals surface area contributed by atoms with Gasteiger partial charge in [-0.15, -0.1) is 10.2 Å². The molecule has 0 bridgehead atoms. The van der Waals surface area contributed by atoms with E-state index >= 15 is 0 Å². The first-order valence-electron chi connectivity index (χ1n) is 2.80. The van der Waals surface area contributed by atoms with Crippen LogP contribution in [0.15, 0.2) is 31.4 Å². The van der Waals surface area contributed by atoms with Gasteiger partial charge in [0.2, 0.25) is 0 Å². The minimum atomic E-state index is 1.60. The van der Waals surface area contributed by atoms with Crippen molar-refractivity contribution in [3.05, 3.63) is 31.4 Å². The van der Waals surface area contributed by atoms with E-state index in [1.165, 1.54) is 0 Å². The average Bonchev–Trinajstić information content (AvgIpc) is 2.59. The van der Waals surface area contributed by atoms with Crippen LogP contribution in [0.4, 0.5) is 0 Å². The molecule has 0 radical (unpaired) electrons. The van der Waals surface area contributed by atoms with Gasteiger partial charge in [-0.2, -0.15) is 0 Å². The lowest BCUT2D eigenvalue weighted by atomic mass is 10.9. The highest BCUT2D eigenvalue weighted by Crippen LogP contribution is 1.86. The van der Waals surface area contributed by atoms with E-state index in [0.717, 1.165) is 0 Å². The van der Waals surface area contributed by atoms with Gasteiger partial charge in [0.25, 0.3) is 0 Å². The van der Waals surface area contributed by atoms with Crippen LogP contribution >= 0.6 is 0 Å². The summed E-state index contributed by atoms with van der Waals surface area (Å²) in [6.45, 7) is 0. The maximum absolute atomic E-state index is 3.86. The molecule has 0 saturated heterocycles. The Morgan fingerprint density at radius 1 is 0.900 bits per heavy atom. The molecule has 0 amide bonds. The fourth-order valence-electron chi connectivity index (χ4n) is 0.703. The van der Waals surface area contributed by atoms with Crippen molar-refractivity contribution in [1.82, 2.24) is 24.5 Å². The third kappa shape index (κ3) is 0.680. The van der Waals surface area contributed by atoms with Crippen LogP contribution in [0.25, 0.3) is 0 Å². The molecule has 2 aromatic rings. The van der Waals surface area contributed by atoms with Crippen molar-refractivity contribution in [3.63, 3.8) is 0 Å². The van der Waals surface area contributed by atoms with Crippen molar-refractivity contribution >= 4 is 0 Å². The molecule has 0 unspecified atom stereocenters. The van der Waals surface area contributed by atoms with Crippen LogP contribution in [-0.2, 0) is 0 Å². The molecule has 0 fully saturated rings. The molecule has 2 heterocycles. The fourth-order valence-corrected chi connectivity index (χ4v) is 0.703. The maximum atomic E-state index is 3.86. The smallest absolute Gasteiger partial charge is 0.139 e. The van der Waals surface area contributed by atoms with Gasteiger partial charge >= 0.3 is 0 Å². The molecule has 0 aliphatic rings. The van der Waals surface area contributed by atoms with Crippen molar-refractivity contribution in [2.45, 2.75) is 0 Å². The summed E-state index contributed by atoms with van der Waals surface area (Å²) in [6.07, 6.45) is 8.37. The van der Waals surface area contributed by atoms with Crippen LogP contribution in [-0.4, -0.2) is 24.5 Å². The van der Waals surface area contributed by atoms with E-state index in [2.05, 4.69) is 15.2 Å². The van der Waals surface area contributed by atoms with E-state index in [4.69, 9.17) is 0 Å². The summed E-state index contributed by atoms with van der Waals surface area (Å²) in [5.74, 6) is 0. The quantitative estimate of drug-likeness (QED) is 0.543. The van der Waals surface area contributed by atoms with Crippen LogP contribution in [0.2, 0.25) is 0 Å². The molecule has 2 rings (SSSR count). The second-order valence-electron chi connectivity index (χ2n) is 1.78. The zero-order valence-corrected chi connectivity index (χ0v) is 5.12.